The van der Waals surface area contributed by atoms with Crippen LogP contribution < -0.4 is 0 Å². The fourth-order valence-electron chi connectivity index (χ4n) is 5.30. The summed E-state index contributed by atoms with van der Waals surface area (Å²) in [7, 11) is 5.08. The third-order valence-corrected chi connectivity index (χ3v) is 22.1. The highest BCUT2D eigenvalue weighted by molar-refractivity contribution is 6.80. The Morgan fingerprint density at radius 1 is 0.447 bits per heavy atom. The third kappa shape index (κ3) is 12.4. The lowest BCUT2D eigenvalue weighted by Gasteiger charge is -2.35. The third-order valence-electron chi connectivity index (χ3n) is 7.93. The lowest BCUT2D eigenvalue weighted by atomic mass is 10.2. The predicted octanol–water partition coefficient (Wildman–Crippen LogP) is 5.00. The lowest BCUT2D eigenvalue weighted by Crippen LogP contribution is -2.45. The molecule has 0 rings (SSSR count). The van der Waals surface area contributed by atoms with Gasteiger partial charge in [0.2, 0.25) is 0 Å². The molecule has 0 aliphatic rings. The van der Waals surface area contributed by atoms with E-state index in [1.54, 1.807) is 64.0 Å². The number of carbonyl (C=O) groups excluding carboxylic acids is 1. The minimum atomic E-state index is -2.67. The molecule has 0 fully saturated rings. The Kier molecular flexibility index (Phi) is 20.2. The van der Waals surface area contributed by atoms with Gasteiger partial charge in [0, 0.05) is 95.0 Å². The Morgan fingerprint density at radius 2 is 0.711 bits per heavy atom. The molecule has 0 atom stereocenters. The summed E-state index contributed by atoms with van der Waals surface area (Å²) >= 11 is 0. The van der Waals surface area contributed by atoms with Crippen molar-refractivity contribution < 1.29 is 44.6 Å². The van der Waals surface area contributed by atoms with E-state index in [1.165, 1.54) is 0 Å². The van der Waals surface area contributed by atoms with Crippen molar-refractivity contribution in [2.45, 2.75) is 87.8 Å². The summed E-state index contributed by atoms with van der Waals surface area (Å²) < 4.78 is 51.2. The molecule has 0 N–H and O–H groups in total. The smallest absolute Gasteiger partial charge is 0.377 e. The summed E-state index contributed by atoms with van der Waals surface area (Å²) in [5.74, 6) is 0.326. The van der Waals surface area contributed by atoms with E-state index in [2.05, 4.69) is 0 Å². The molecule has 0 aromatic rings. The van der Waals surface area contributed by atoms with Crippen LogP contribution in [0.5, 0.6) is 0 Å². The van der Waals surface area contributed by atoms with E-state index in [0.717, 1.165) is 68.0 Å². The first-order chi connectivity index (χ1) is 18.1. The van der Waals surface area contributed by atoms with Crippen molar-refractivity contribution in [3.8, 4) is 0 Å². The molecule has 0 saturated carbocycles. The molecule has 0 heterocycles. The second-order valence-electron chi connectivity index (χ2n) is 9.69. The van der Waals surface area contributed by atoms with Gasteiger partial charge in [-0.3, -0.25) is 4.79 Å². The van der Waals surface area contributed by atoms with Gasteiger partial charge in [0.15, 0.2) is 0 Å². The molecule has 38 heavy (non-hydrogen) atoms. The van der Waals surface area contributed by atoms with Crippen molar-refractivity contribution in [2.75, 3.05) is 64.0 Å². The van der Waals surface area contributed by atoms with Gasteiger partial charge in [0.05, 0.1) is 8.07 Å². The first-order valence-corrected chi connectivity index (χ1v) is 22.2. The second-order valence-corrected chi connectivity index (χ2v) is 24.0. The van der Waals surface area contributed by atoms with Gasteiger partial charge in [-0.2, -0.15) is 0 Å². The average Bonchev–Trinajstić information content (AvgIpc) is 2.96. The van der Waals surface area contributed by atoms with Crippen LogP contribution in [0.3, 0.4) is 0 Å². The van der Waals surface area contributed by atoms with Gasteiger partial charge in [-0.1, -0.05) is 50.4 Å². The molecule has 0 saturated heterocycles. The number of carbonyl (C=O) groups is 1. The van der Waals surface area contributed by atoms with Gasteiger partial charge < -0.3 is 39.8 Å². The predicted molar refractivity (Wildman–Crippen MR) is 158 cm³/mol. The molecule has 0 aromatic heterocycles. The zero-order valence-corrected chi connectivity index (χ0v) is 29.8. The Morgan fingerprint density at radius 3 is 0.947 bits per heavy atom. The van der Waals surface area contributed by atoms with Crippen LogP contribution in [-0.4, -0.2) is 104 Å². The summed E-state index contributed by atoms with van der Waals surface area (Å²) in [6.07, 6.45) is 5.02. The first-order valence-electron chi connectivity index (χ1n) is 13.6. The molecule has 0 unspecified atom stereocenters. The van der Waals surface area contributed by atoms with E-state index in [-0.39, 0.29) is 0 Å². The highest BCUT2D eigenvalue weighted by Gasteiger charge is 2.43. The Hall–Kier alpha value is 0.178. The molecule has 0 bridgehead atoms. The van der Waals surface area contributed by atoms with Gasteiger partial charge >= 0.3 is 26.4 Å². The maximum Gasteiger partial charge on any atom is 0.500 e. The normalized spacial score (nSPS) is 13.3. The van der Waals surface area contributed by atoms with Crippen LogP contribution in [0.25, 0.3) is 0 Å². The minimum Gasteiger partial charge on any atom is -0.377 e. The van der Waals surface area contributed by atoms with E-state index in [1.807, 2.05) is 6.92 Å². The highest BCUT2D eigenvalue weighted by Crippen LogP contribution is 2.37. The first kappa shape index (κ1) is 38.2. The minimum absolute atomic E-state index is 0.326. The number of Topliss-reactive ketones (excluding diaryl/α,β-unsaturated/α-hetero) is 1. The summed E-state index contributed by atoms with van der Waals surface area (Å²) in [6, 6.07) is 6.67. The van der Waals surface area contributed by atoms with Crippen LogP contribution >= 0.6 is 0 Å². The quantitative estimate of drug-likeness (QED) is 0.123. The van der Waals surface area contributed by atoms with Crippen LogP contribution in [0.15, 0.2) is 0 Å². The van der Waals surface area contributed by atoms with Crippen molar-refractivity contribution in [3.63, 3.8) is 0 Å². The maximum atomic E-state index is 12.2. The molecule has 0 radical (unpaired) electrons. The van der Waals surface area contributed by atoms with Crippen molar-refractivity contribution in [3.05, 3.63) is 0 Å². The molecule has 0 aliphatic heterocycles. The number of ketones is 1. The molecule has 228 valence electrons. The largest absolute Gasteiger partial charge is 0.500 e. The van der Waals surface area contributed by atoms with Crippen molar-refractivity contribution in [1.82, 2.24) is 0 Å². The van der Waals surface area contributed by atoms with Gasteiger partial charge in [-0.15, -0.1) is 0 Å². The zero-order chi connectivity index (χ0) is 29.1. The van der Waals surface area contributed by atoms with Gasteiger partial charge in [0.1, 0.15) is 5.78 Å². The van der Waals surface area contributed by atoms with Crippen LogP contribution in [0.4, 0.5) is 0 Å². The Bertz CT molecular complexity index is 528. The van der Waals surface area contributed by atoms with Crippen LogP contribution in [-0.2, 0) is 44.6 Å². The second kappa shape index (κ2) is 20.1. The van der Waals surface area contributed by atoms with E-state index in [9.17, 15) is 4.79 Å². The summed E-state index contributed by atoms with van der Waals surface area (Å²) in [5.41, 5.74) is 0. The molecule has 0 spiro atoms. The van der Waals surface area contributed by atoms with Gasteiger partial charge in [0.25, 0.3) is 0 Å². The van der Waals surface area contributed by atoms with E-state index in [0.29, 0.717) is 18.6 Å². The van der Waals surface area contributed by atoms with Crippen LogP contribution in [0.2, 0.25) is 42.3 Å². The highest BCUT2D eigenvalue weighted by atomic mass is 28.4. The standard InChI is InChI=1S/C24H56O10Si4/c1-11-24(25)16-12-17-35(18-13-21-36(26-2,27-3)28-4,19-14-22-37(29-5,30-6)31-7)20-15-23-38(32-8,33-9)34-10/h11-23H2,1-10H3. The lowest BCUT2D eigenvalue weighted by molar-refractivity contribution is -0.118. The van der Waals surface area contributed by atoms with Crippen LogP contribution in [0.1, 0.15) is 45.4 Å². The summed E-state index contributed by atoms with van der Waals surface area (Å²) in [4.78, 5) is 12.2. The monoisotopic (exact) mass is 616 g/mol. The van der Waals surface area contributed by atoms with Crippen molar-refractivity contribution in [1.29, 1.82) is 0 Å². The fraction of sp³-hybridized carbons (Fsp3) is 0.958. The molecule has 0 aliphatic carbocycles. The molecular formula is C24H56O10Si4. The van der Waals surface area contributed by atoms with E-state index >= 15 is 0 Å². The summed E-state index contributed by atoms with van der Waals surface area (Å²) in [6.45, 7) is 1.94. The number of hydrogen-bond acceptors (Lipinski definition) is 10. The average molecular weight is 617 g/mol. The molecule has 0 amide bonds. The van der Waals surface area contributed by atoms with Crippen LogP contribution in [0, 0.1) is 0 Å². The van der Waals surface area contributed by atoms with E-state index < -0.39 is 34.5 Å². The molecule has 14 heteroatoms. The van der Waals surface area contributed by atoms with Crippen molar-refractivity contribution >= 4 is 40.3 Å². The zero-order valence-electron chi connectivity index (χ0n) is 25.8. The van der Waals surface area contributed by atoms with Gasteiger partial charge in [-0.05, 0) is 6.42 Å². The van der Waals surface area contributed by atoms with E-state index in [4.69, 9.17) is 39.8 Å². The SMILES string of the molecule is CCC(=O)CCC[Si](CCC[Si](OC)(OC)OC)(CCC[Si](OC)(OC)OC)CCC[Si](OC)(OC)OC. The molecule has 10 nitrogen and oxygen atoms in total. The summed E-state index contributed by atoms with van der Waals surface area (Å²) in [5, 5.41) is 0. The molecule has 0 aromatic carbocycles. The number of rotatable bonds is 26. The number of hydrogen-bond donors (Lipinski definition) is 0. The maximum absolute atomic E-state index is 12.2. The topological polar surface area (TPSA) is 100 Å². The van der Waals surface area contributed by atoms with Crippen molar-refractivity contribution in [2.24, 2.45) is 0 Å². The molecular weight excluding hydrogens is 561 g/mol. The Balaban J connectivity index is 5.90. The Labute approximate surface area is 236 Å². The fourth-order valence-corrected chi connectivity index (χ4v) is 16.7. The van der Waals surface area contributed by atoms with Gasteiger partial charge in [-0.25, -0.2) is 0 Å².